The molecule has 1 atom stereocenters. The van der Waals surface area contributed by atoms with Crippen LogP contribution in [0.5, 0.6) is 0 Å². The molecular weight excluding hydrogens is 214 g/mol. The van der Waals surface area contributed by atoms with Gasteiger partial charge in [-0.2, -0.15) is 0 Å². The van der Waals surface area contributed by atoms with Crippen molar-refractivity contribution in [1.29, 1.82) is 0 Å². The number of ether oxygens (including phenoxy) is 1. The minimum Gasteiger partial charge on any atom is -0.457 e. The van der Waals surface area contributed by atoms with Crippen molar-refractivity contribution in [3.63, 3.8) is 0 Å². The zero-order valence-corrected chi connectivity index (χ0v) is 8.96. The first-order chi connectivity index (χ1) is 7.24. The molecule has 0 aromatic carbocycles. The van der Waals surface area contributed by atoms with Gasteiger partial charge in [0.1, 0.15) is 12.3 Å². The normalized spacial score (nSPS) is 23.7. The Balaban J connectivity index is 2.06. The molecule has 1 saturated heterocycles. The maximum Gasteiger partial charge on any atom is 0.355 e. The second-order valence-corrected chi connectivity index (χ2v) is 4.44. The fourth-order valence-corrected chi connectivity index (χ4v) is 2.65. The van der Waals surface area contributed by atoms with Gasteiger partial charge in [0.15, 0.2) is 0 Å². The summed E-state index contributed by atoms with van der Waals surface area (Å²) in [6.07, 6.45) is 3.77. The zero-order chi connectivity index (χ0) is 10.8. The third-order valence-electron chi connectivity index (χ3n) is 2.27. The lowest BCUT2D eigenvalue weighted by molar-refractivity contribution is -0.148. The topological polar surface area (TPSA) is 46.6 Å². The van der Waals surface area contributed by atoms with Crippen LogP contribution in [0.25, 0.3) is 0 Å². The minimum absolute atomic E-state index is 0.00555. The molecule has 0 radical (unpaired) electrons. The Kier molecular flexibility index (Phi) is 2.81. The van der Waals surface area contributed by atoms with Gasteiger partial charge in [0.25, 0.3) is 0 Å². The number of carbonyl (C=O) groups excluding carboxylic acids is 2. The predicted molar refractivity (Wildman–Crippen MR) is 56.9 cm³/mol. The largest absolute Gasteiger partial charge is 0.457 e. The highest BCUT2D eigenvalue weighted by molar-refractivity contribution is 8.00. The number of fused-ring (bicyclic) bond motifs is 1. The van der Waals surface area contributed by atoms with E-state index in [-0.39, 0.29) is 17.9 Å². The highest BCUT2D eigenvalue weighted by Gasteiger charge is 2.43. The van der Waals surface area contributed by atoms with Crippen LogP contribution in [0, 0.1) is 0 Å². The van der Waals surface area contributed by atoms with Gasteiger partial charge in [0.05, 0.1) is 11.8 Å². The molecule has 15 heavy (non-hydrogen) atoms. The molecule has 0 aliphatic carbocycles. The highest BCUT2D eigenvalue weighted by atomic mass is 32.2. The van der Waals surface area contributed by atoms with Gasteiger partial charge in [-0.25, -0.2) is 4.79 Å². The molecule has 0 bridgehead atoms. The number of carbonyl (C=O) groups is 2. The number of nitrogens with zero attached hydrogens (tertiary/aromatic N) is 1. The molecule has 4 nitrogen and oxygen atoms in total. The van der Waals surface area contributed by atoms with Crippen molar-refractivity contribution in [1.82, 2.24) is 4.90 Å². The van der Waals surface area contributed by atoms with E-state index in [0.717, 1.165) is 5.75 Å². The first kappa shape index (κ1) is 10.3. The molecule has 2 aliphatic rings. The van der Waals surface area contributed by atoms with Crippen molar-refractivity contribution in [2.75, 3.05) is 12.4 Å². The zero-order valence-electron chi connectivity index (χ0n) is 8.14. The number of β-lactam (4-membered cyclic amide) rings is 1. The molecule has 1 fully saturated rings. The maximum atomic E-state index is 11.6. The monoisotopic (exact) mass is 225 g/mol. The van der Waals surface area contributed by atoms with Crippen molar-refractivity contribution in [3.05, 3.63) is 24.4 Å². The lowest BCUT2D eigenvalue weighted by Gasteiger charge is -2.42. The molecule has 0 N–H and O–H groups in total. The number of esters is 1. The van der Waals surface area contributed by atoms with Crippen molar-refractivity contribution in [2.45, 2.75) is 11.8 Å². The molecule has 2 rings (SSSR count). The number of rotatable bonds is 3. The third-order valence-corrected chi connectivity index (χ3v) is 3.39. The first-order valence-corrected chi connectivity index (χ1v) is 5.70. The second-order valence-electron chi connectivity index (χ2n) is 3.23. The van der Waals surface area contributed by atoms with E-state index in [4.69, 9.17) is 4.74 Å². The van der Waals surface area contributed by atoms with E-state index in [0.29, 0.717) is 12.1 Å². The van der Waals surface area contributed by atoms with Crippen LogP contribution in [0.4, 0.5) is 0 Å². The van der Waals surface area contributed by atoms with Crippen molar-refractivity contribution in [3.8, 4) is 0 Å². The van der Waals surface area contributed by atoms with E-state index >= 15 is 0 Å². The van der Waals surface area contributed by atoms with Gasteiger partial charge in [-0.1, -0.05) is 12.7 Å². The number of thioether (sulfide) groups is 1. The van der Waals surface area contributed by atoms with E-state index < -0.39 is 5.97 Å². The number of hydrogen-bond donors (Lipinski definition) is 0. The minimum atomic E-state index is -0.437. The Morgan fingerprint density at radius 2 is 2.60 bits per heavy atom. The predicted octanol–water partition coefficient (Wildman–Crippen LogP) is 0.905. The second kappa shape index (κ2) is 4.10. The Labute approximate surface area is 92.0 Å². The van der Waals surface area contributed by atoms with Crippen LogP contribution in [0.1, 0.15) is 6.42 Å². The fourth-order valence-electron chi connectivity index (χ4n) is 1.54. The molecule has 0 aromatic rings. The number of hydrogen-bond acceptors (Lipinski definition) is 4. The molecule has 1 unspecified atom stereocenters. The lowest BCUT2D eigenvalue weighted by Crippen LogP contribution is -2.53. The van der Waals surface area contributed by atoms with E-state index in [9.17, 15) is 9.59 Å². The summed E-state index contributed by atoms with van der Waals surface area (Å²) in [6.45, 7) is 3.64. The summed E-state index contributed by atoms with van der Waals surface area (Å²) in [5, 5.41) is 0.133. The fraction of sp³-hybridized carbons (Fsp3) is 0.400. The summed E-state index contributed by atoms with van der Waals surface area (Å²) in [6, 6.07) is 0. The SMILES string of the molecule is C=CCOC(=O)C1=CCSC2CC(=O)N12. The van der Waals surface area contributed by atoms with Crippen LogP contribution in [0.3, 0.4) is 0 Å². The maximum absolute atomic E-state index is 11.6. The van der Waals surface area contributed by atoms with E-state index in [2.05, 4.69) is 6.58 Å². The van der Waals surface area contributed by atoms with Crippen molar-refractivity contribution < 1.29 is 14.3 Å². The third kappa shape index (κ3) is 1.79. The van der Waals surface area contributed by atoms with Gasteiger partial charge >= 0.3 is 5.97 Å². The Hall–Kier alpha value is -1.23. The van der Waals surface area contributed by atoms with Crippen molar-refractivity contribution >= 4 is 23.6 Å². The van der Waals surface area contributed by atoms with Crippen molar-refractivity contribution in [2.24, 2.45) is 0 Å². The molecule has 5 heteroatoms. The molecule has 80 valence electrons. The average Bonchev–Trinajstić information content (AvgIpc) is 2.23. The smallest absolute Gasteiger partial charge is 0.355 e. The van der Waals surface area contributed by atoms with Gasteiger partial charge in [0, 0.05) is 5.75 Å². The molecule has 0 aromatic heterocycles. The van der Waals surface area contributed by atoms with Gasteiger partial charge in [-0.05, 0) is 6.08 Å². The lowest BCUT2D eigenvalue weighted by atomic mass is 10.1. The summed E-state index contributed by atoms with van der Waals surface area (Å²) < 4.78 is 4.90. The number of amides is 1. The van der Waals surface area contributed by atoms with Crippen LogP contribution >= 0.6 is 11.8 Å². The van der Waals surface area contributed by atoms with Crippen LogP contribution < -0.4 is 0 Å². The molecular formula is C10H11NO3S. The van der Waals surface area contributed by atoms with Crippen LogP contribution in [0.2, 0.25) is 0 Å². The molecule has 0 saturated carbocycles. The summed E-state index contributed by atoms with van der Waals surface area (Å²) in [7, 11) is 0. The van der Waals surface area contributed by atoms with E-state index in [1.54, 1.807) is 17.8 Å². The van der Waals surface area contributed by atoms with E-state index in [1.165, 1.54) is 11.0 Å². The van der Waals surface area contributed by atoms with Gasteiger partial charge < -0.3 is 4.74 Å². The van der Waals surface area contributed by atoms with Gasteiger partial charge in [0.2, 0.25) is 5.91 Å². The molecule has 1 amide bonds. The molecule has 2 heterocycles. The summed E-state index contributed by atoms with van der Waals surface area (Å²) in [5.74, 6) is 0.315. The standard InChI is InChI=1S/C10H11NO3S/c1-2-4-14-10(13)7-3-5-15-9-6-8(12)11(7)9/h2-3,9H,1,4-6H2. The Morgan fingerprint density at radius 3 is 3.27 bits per heavy atom. The quantitative estimate of drug-likeness (QED) is 0.407. The summed E-state index contributed by atoms with van der Waals surface area (Å²) in [4.78, 5) is 24.4. The summed E-state index contributed by atoms with van der Waals surface area (Å²) in [5.41, 5.74) is 0.386. The molecule has 2 aliphatic heterocycles. The first-order valence-electron chi connectivity index (χ1n) is 4.66. The van der Waals surface area contributed by atoms with Crippen LogP contribution in [0.15, 0.2) is 24.4 Å². The van der Waals surface area contributed by atoms with Gasteiger partial charge in [-0.15, -0.1) is 11.8 Å². The van der Waals surface area contributed by atoms with Crippen LogP contribution in [-0.2, 0) is 14.3 Å². The average molecular weight is 225 g/mol. The molecule has 0 spiro atoms. The van der Waals surface area contributed by atoms with E-state index in [1.807, 2.05) is 0 Å². The Bertz CT molecular complexity index is 351. The van der Waals surface area contributed by atoms with Crippen LogP contribution in [-0.4, -0.2) is 34.5 Å². The Morgan fingerprint density at radius 1 is 1.80 bits per heavy atom. The van der Waals surface area contributed by atoms with Gasteiger partial charge in [-0.3, -0.25) is 9.69 Å². The highest BCUT2D eigenvalue weighted by Crippen LogP contribution is 2.37. The summed E-state index contributed by atoms with van der Waals surface area (Å²) >= 11 is 1.66.